The van der Waals surface area contributed by atoms with Gasteiger partial charge in [0, 0.05) is 38.2 Å². The molecule has 1 amide bonds. The summed E-state index contributed by atoms with van der Waals surface area (Å²) in [5.41, 5.74) is 0. The fourth-order valence-electron chi connectivity index (χ4n) is 3.60. The van der Waals surface area contributed by atoms with Gasteiger partial charge in [-0.3, -0.25) is 4.79 Å². The first-order chi connectivity index (χ1) is 12.7. The van der Waals surface area contributed by atoms with Crippen LogP contribution in [0.2, 0.25) is 0 Å². The molecule has 1 N–H and O–H groups in total. The summed E-state index contributed by atoms with van der Waals surface area (Å²) in [6, 6.07) is 5.84. The summed E-state index contributed by atoms with van der Waals surface area (Å²) in [7, 11) is 0. The quantitative estimate of drug-likeness (QED) is 0.891. The van der Waals surface area contributed by atoms with Crippen LogP contribution in [0.5, 0.6) is 5.75 Å². The average molecular weight is 359 g/mol. The lowest BCUT2D eigenvalue weighted by Crippen LogP contribution is -2.41. The standard InChI is InChI=1S/C18H22FN5O2/c19-14-2-1-3-15(10-14)26-12-17(25)23-7-4-13(5-8-23)18-22-21-16-11-20-6-9-24(16)18/h1-3,10,13,20H,4-9,11-12H2. The number of nitrogens with zero attached hydrogens (tertiary/aromatic N) is 4. The van der Waals surface area contributed by atoms with Gasteiger partial charge in [-0.15, -0.1) is 10.2 Å². The molecule has 3 heterocycles. The third-order valence-electron chi connectivity index (χ3n) is 5.02. The monoisotopic (exact) mass is 359 g/mol. The largest absolute Gasteiger partial charge is 0.484 e. The number of hydrogen-bond donors (Lipinski definition) is 1. The van der Waals surface area contributed by atoms with E-state index in [1.165, 1.54) is 12.1 Å². The van der Waals surface area contributed by atoms with E-state index in [-0.39, 0.29) is 18.3 Å². The molecule has 1 saturated heterocycles. The van der Waals surface area contributed by atoms with E-state index in [1.807, 2.05) is 4.90 Å². The Morgan fingerprint density at radius 3 is 2.92 bits per heavy atom. The summed E-state index contributed by atoms with van der Waals surface area (Å²) in [6.07, 6.45) is 1.74. The Morgan fingerprint density at radius 1 is 1.27 bits per heavy atom. The molecule has 0 atom stereocenters. The smallest absolute Gasteiger partial charge is 0.260 e. The molecule has 1 aromatic carbocycles. The van der Waals surface area contributed by atoms with Crippen molar-refractivity contribution < 1.29 is 13.9 Å². The van der Waals surface area contributed by atoms with Gasteiger partial charge in [0.2, 0.25) is 0 Å². The molecule has 1 aromatic heterocycles. The number of ether oxygens (including phenoxy) is 1. The van der Waals surface area contributed by atoms with E-state index in [0.29, 0.717) is 24.8 Å². The molecule has 138 valence electrons. The minimum atomic E-state index is -0.373. The predicted octanol–water partition coefficient (Wildman–Crippen LogP) is 1.31. The van der Waals surface area contributed by atoms with Gasteiger partial charge in [0.1, 0.15) is 23.2 Å². The van der Waals surface area contributed by atoms with E-state index in [2.05, 4.69) is 20.1 Å². The normalized spacial score (nSPS) is 17.8. The number of carbonyl (C=O) groups is 1. The fourth-order valence-corrected chi connectivity index (χ4v) is 3.60. The molecule has 1 fully saturated rings. The number of nitrogens with one attached hydrogen (secondary N) is 1. The molecule has 2 aliphatic heterocycles. The molecule has 4 rings (SSSR count). The van der Waals surface area contributed by atoms with Gasteiger partial charge in [0.05, 0.1) is 6.54 Å². The highest BCUT2D eigenvalue weighted by molar-refractivity contribution is 5.77. The van der Waals surface area contributed by atoms with Crippen molar-refractivity contribution in [2.24, 2.45) is 0 Å². The highest BCUT2D eigenvalue weighted by atomic mass is 19.1. The van der Waals surface area contributed by atoms with Gasteiger partial charge in [-0.2, -0.15) is 0 Å². The summed E-state index contributed by atoms with van der Waals surface area (Å²) in [5, 5.41) is 12.0. The van der Waals surface area contributed by atoms with Gasteiger partial charge in [-0.05, 0) is 25.0 Å². The number of halogens is 1. The Labute approximate surface area is 151 Å². The lowest BCUT2D eigenvalue weighted by atomic mass is 9.95. The number of rotatable bonds is 4. The minimum Gasteiger partial charge on any atom is -0.484 e. The summed E-state index contributed by atoms with van der Waals surface area (Å²) < 4.78 is 20.8. The number of hydrogen-bond acceptors (Lipinski definition) is 5. The Bertz CT molecular complexity index is 786. The van der Waals surface area contributed by atoms with E-state index in [9.17, 15) is 9.18 Å². The Hall–Kier alpha value is -2.48. The molecule has 0 aliphatic carbocycles. The molecule has 0 saturated carbocycles. The zero-order valence-electron chi connectivity index (χ0n) is 14.5. The van der Waals surface area contributed by atoms with Crippen molar-refractivity contribution >= 4 is 5.91 Å². The first-order valence-corrected chi connectivity index (χ1v) is 8.99. The number of benzene rings is 1. The van der Waals surface area contributed by atoms with Crippen LogP contribution in [0.15, 0.2) is 24.3 Å². The van der Waals surface area contributed by atoms with Crippen molar-refractivity contribution in [3.63, 3.8) is 0 Å². The molecule has 8 heteroatoms. The van der Waals surface area contributed by atoms with E-state index < -0.39 is 0 Å². The molecule has 2 aromatic rings. The summed E-state index contributed by atoms with van der Waals surface area (Å²) >= 11 is 0. The van der Waals surface area contributed by atoms with Crippen LogP contribution in [0.1, 0.15) is 30.4 Å². The van der Waals surface area contributed by atoms with Crippen molar-refractivity contribution in [1.29, 1.82) is 0 Å². The van der Waals surface area contributed by atoms with Crippen LogP contribution in [0.4, 0.5) is 4.39 Å². The number of aromatic nitrogens is 3. The van der Waals surface area contributed by atoms with Crippen LogP contribution in [0, 0.1) is 5.82 Å². The van der Waals surface area contributed by atoms with Gasteiger partial charge >= 0.3 is 0 Å². The zero-order chi connectivity index (χ0) is 17.9. The maximum atomic E-state index is 13.2. The maximum Gasteiger partial charge on any atom is 0.260 e. The first-order valence-electron chi connectivity index (χ1n) is 8.99. The number of carbonyl (C=O) groups excluding carboxylic acids is 1. The molecule has 0 bridgehead atoms. The van der Waals surface area contributed by atoms with E-state index in [0.717, 1.165) is 44.1 Å². The van der Waals surface area contributed by atoms with Crippen LogP contribution >= 0.6 is 0 Å². The number of likely N-dealkylation sites (tertiary alicyclic amines) is 1. The van der Waals surface area contributed by atoms with Gasteiger partial charge in [-0.25, -0.2) is 4.39 Å². The number of fused-ring (bicyclic) bond motifs is 1. The molecule has 0 radical (unpaired) electrons. The van der Waals surface area contributed by atoms with Crippen LogP contribution in [0.3, 0.4) is 0 Å². The second kappa shape index (κ2) is 7.41. The summed E-state index contributed by atoms with van der Waals surface area (Å²) in [5.74, 6) is 2.31. The van der Waals surface area contributed by atoms with Gasteiger partial charge in [-0.1, -0.05) is 6.07 Å². The molecule has 26 heavy (non-hydrogen) atoms. The van der Waals surface area contributed by atoms with Crippen LogP contribution < -0.4 is 10.1 Å². The van der Waals surface area contributed by atoms with Crippen molar-refractivity contribution in [2.75, 3.05) is 26.2 Å². The third-order valence-corrected chi connectivity index (χ3v) is 5.02. The average Bonchev–Trinajstić information content (AvgIpc) is 3.10. The second-order valence-electron chi connectivity index (χ2n) is 6.70. The third kappa shape index (κ3) is 3.55. The highest BCUT2D eigenvalue weighted by Crippen LogP contribution is 2.28. The summed E-state index contributed by atoms with van der Waals surface area (Å²) in [4.78, 5) is 14.2. The maximum absolute atomic E-state index is 13.2. The van der Waals surface area contributed by atoms with Crippen molar-refractivity contribution in [2.45, 2.75) is 31.8 Å². The van der Waals surface area contributed by atoms with Crippen molar-refractivity contribution in [3.8, 4) is 5.75 Å². The Balaban J connectivity index is 1.30. The SMILES string of the molecule is O=C(COc1cccc(F)c1)N1CCC(c2nnc3n2CCNC3)CC1. The predicted molar refractivity (Wildman–Crippen MR) is 92.2 cm³/mol. The number of piperidine rings is 1. The van der Waals surface area contributed by atoms with Gasteiger partial charge in [0.15, 0.2) is 6.61 Å². The van der Waals surface area contributed by atoms with Crippen LogP contribution in [0.25, 0.3) is 0 Å². The van der Waals surface area contributed by atoms with Gasteiger partial charge in [0.25, 0.3) is 5.91 Å². The summed E-state index contributed by atoms with van der Waals surface area (Å²) in [6.45, 7) is 3.89. The zero-order valence-corrected chi connectivity index (χ0v) is 14.5. The molecular formula is C18H22FN5O2. The Kier molecular flexibility index (Phi) is 4.83. The molecular weight excluding hydrogens is 337 g/mol. The van der Waals surface area contributed by atoms with Crippen molar-refractivity contribution in [3.05, 3.63) is 41.7 Å². The first kappa shape index (κ1) is 17.0. The lowest BCUT2D eigenvalue weighted by molar-refractivity contribution is -0.134. The van der Waals surface area contributed by atoms with Crippen LogP contribution in [-0.4, -0.2) is 51.8 Å². The molecule has 0 spiro atoms. The highest BCUT2D eigenvalue weighted by Gasteiger charge is 2.28. The fraction of sp³-hybridized carbons (Fsp3) is 0.500. The van der Waals surface area contributed by atoms with Crippen molar-refractivity contribution in [1.82, 2.24) is 25.0 Å². The van der Waals surface area contributed by atoms with E-state index >= 15 is 0 Å². The molecule has 7 nitrogen and oxygen atoms in total. The van der Waals surface area contributed by atoms with E-state index in [4.69, 9.17) is 4.74 Å². The van der Waals surface area contributed by atoms with E-state index in [1.54, 1.807) is 12.1 Å². The van der Waals surface area contributed by atoms with Gasteiger partial charge < -0.3 is 19.5 Å². The topological polar surface area (TPSA) is 72.3 Å². The molecule has 2 aliphatic rings. The lowest BCUT2D eigenvalue weighted by Gasteiger charge is -2.32. The Morgan fingerprint density at radius 2 is 2.12 bits per heavy atom. The minimum absolute atomic E-state index is 0.0693. The number of amides is 1. The molecule has 0 unspecified atom stereocenters. The van der Waals surface area contributed by atoms with Crippen LogP contribution in [-0.2, 0) is 17.9 Å². The second-order valence-corrected chi connectivity index (χ2v) is 6.70.